The molecular formula is C8H9FN2OS. The number of thiazole rings is 1. The van der Waals surface area contributed by atoms with Crippen LogP contribution >= 0.6 is 11.3 Å². The van der Waals surface area contributed by atoms with Crippen molar-refractivity contribution in [1.82, 2.24) is 4.98 Å². The van der Waals surface area contributed by atoms with E-state index in [0.29, 0.717) is 18.0 Å². The largest absolute Gasteiger partial charge is 0.302 e. The van der Waals surface area contributed by atoms with Crippen LogP contribution in [0.5, 0.6) is 0 Å². The summed E-state index contributed by atoms with van der Waals surface area (Å²) in [5.74, 6) is -0.172. The molecule has 0 aliphatic carbocycles. The topological polar surface area (TPSA) is 42.0 Å². The highest BCUT2D eigenvalue weighted by Gasteiger charge is 2.04. The van der Waals surface area contributed by atoms with Crippen LogP contribution in [-0.2, 0) is 4.79 Å². The van der Waals surface area contributed by atoms with Gasteiger partial charge in [0.25, 0.3) is 0 Å². The molecule has 5 heteroatoms. The summed E-state index contributed by atoms with van der Waals surface area (Å²) in [4.78, 5) is 14.7. The average molecular weight is 200 g/mol. The fraction of sp³-hybridized carbons (Fsp3) is 0.250. The Hall–Kier alpha value is -1.23. The number of hydrogen-bond acceptors (Lipinski definition) is 3. The van der Waals surface area contributed by atoms with Crippen molar-refractivity contribution in [2.75, 3.05) is 5.32 Å². The van der Waals surface area contributed by atoms with Crippen LogP contribution in [0.25, 0.3) is 0 Å². The lowest BCUT2D eigenvalue weighted by Gasteiger charge is -1.97. The van der Waals surface area contributed by atoms with E-state index in [0.717, 1.165) is 17.5 Å². The van der Waals surface area contributed by atoms with Crippen LogP contribution in [0.3, 0.4) is 0 Å². The van der Waals surface area contributed by atoms with E-state index in [9.17, 15) is 9.18 Å². The zero-order valence-electron chi connectivity index (χ0n) is 6.92. The predicted octanol–water partition coefficient (Wildman–Crippen LogP) is 2.19. The van der Waals surface area contributed by atoms with Gasteiger partial charge in [-0.15, -0.1) is 6.58 Å². The number of hydrogen-bond donors (Lipinski definition) is 1. The Kier molecular flexibility index (Phi) is 3.57. The predicted molar refractivity (Wildman–Crippen MR) is 50.1 cm³/mol. The first kappa shape index (κ1) is 9.85. The summed E-state index contributed by atoms with van der Waals surface area (Å²) in [7, 11) is 0. The van der Waals surface area contributed by atoms with Crippen LogP contribution in [0.15, 0.2) is 18.9 Å². The summed E-state index contributed by atoms with van der Waals surface area (Å²) in [5.41, 5.74) is 0. The average Bonchev–Trinajstić information content (AvgIpc) is 2.48. The Labute approximate surface area is 79.3 Å². The highest BCUT2D eigenvalue weighted by molar-refractivity contribution is 7.14. The minimum atomic E-state index is -0.404. The number of nitrogens with zero attached hydrogens (tertiary/aromatic N) is 1. The van der Waals surface area contributed by atoms with Crippen LogP contribution in [0.4, 0.5) is 9.52 Å². The molecule has 1 heterocycles. The summed E-state index contributed by atoms with van der Waals surface area (Å²) >= 11 is 0.814. The first-order valence-corrected chi connectivity index (χ1v) is 4.56. The molecule has 1 rings (SSSR count). The smallest absolute Gasteiger partial charge is 0.226 e. The monoisotopic (exact) mass is 200 g/mol. The van der Waals surface area contributed by atoms with Gasteiger partial charge in [0.15, 0.2) is 10.3 Å². The summed E-state index contributed by atoms with van der Waals surface area (Å²) in [6.07, 6.45) is 3.69. The molecule has 1 aromatic rings. The van der Waals surface area contributed by atoms with E-state index in [1.807, 2.05) is 0 Å². The van der Waals surface area contributed by atoms with Gasteiger partial charge in [-0.1, -0.05) is 17.4 Å². The molecule has 0 bridgehead atoms. The summed E-state index contributed by atoms with van der Waals surface area (Å²) in [6.45, 7) is 3.49. The fourth-order valence-electron chi connectivity index (χ4n) is 0.727. The van der Waals surface area contributed by atoms with E-state index >= 15 is 0 Å². The lowest BCUT2D eigenvalue weighted by Crippen LogP contribution is -2.10. The molecule has 0 aliphatic rings. The minimum Gasteiger partial charge on any atom is -0.302 e. The second kappa shape index (κ2) is 4.71. The molecule has 0 aromatic carbocycles. The van der Waals surface area contributed by atoms with Gasteiger partial charge in [0.05, 0.1) is 6.20 Å². The Morgan fingerprint density at radius 3 is 3.15 bits per heavy atom. The van der Waals surface area contributed by atoms with Gasteiger partial charge in [0.1, 0.15) is 0 Å². The number of rotatable bonds is 4. The zero-order valence-corrected chi connectivity index (χ0v) is 7.73. The molecule has 0 atom stereocenters. The van der Waals surface area contributed by atoms with Crippen molar-refractivity contribution in [3.05, 3.63) is 24.0 Å². The van der Waals surface area contributed by atoms with Gasteiger partial charge in [-0.05, 0) is 6.42 Å². The standard InChI is InChI=1S/C8H9FN2OS/c1-2-3-4-7(12)11-8-10-5-6(9)13-8/h2,5H,1,3-4H2,(H,10,11,12). The zero-order chi connectivity index (χ0) is 9.68. The Bertz CT molecular complexity index is 311. The molecule has 0 spiro atoms. The molecule has 1 amide bonds. The molecule has 1 N–H and O–H groups in total. The molecule has 0 saturated carbocycles. The molecule has 13 heavy (non-hydrogen) atoms. The maximum atomic E-state index is 12.4. The van der Waals surface area contributed by atoms with Gasteiger partial charge in [0.2, 0.25) is 5.91 Å². The van der Waals surface area contributed by atoms with E-state index in [2.05, 4.69) is 16.9 Å². The summed E-state index contributed by atoms with van der Waals surface area (Å²) < 4.78 is 12.4. The van der Waals surface area contributed by atoms with Crippen molar-refractivity contribution in [1.29, 1.82) is 0 Å². The second-order valence-electron chi connectivity index (χ2n) is 2.35. The lowest BCUT2D eigenvalue weighted by molar-refractivity contribution is -0.116. The Morgan fingerprint density at radius 1 is 1.85 bits per heavy atom. The molecule has 0 unspecified atom stereocenters. The van der Waals surface area contributed by atoms with Crippen LogP contribution in [0, 0.1) is 5.13 Å². The molecule has 0 radical (unpaired) electrons. The van der Waals surface area contributed by atoms with Gasteiger partial charge in [0, 0.05) is 6.42 Å². The SMILES string of the molecule is C=CCCC(=O)Nc1ncc(F)s1. The number of allylic oxidation sites excluding steroid dienone is 1. The van der Waals surface area contributed by atoms with Crippen LogP contribution in [0.2, 0.25) is 0 Å². The lowest BCUT2D eigenvalue weighted by atomic mass is 10.3. The van der Waals surface area contributed by atoms with Crippen molar-refractivity contribution < 1.29 is 9.18 Å². The molecule has 0 saturated heterocycles. The summed E-state index contributed by atoms with van der Waals surface area (Å²) in [5, 5.41) is 2.37. The van der Waals surface area contributed by atoms with Gasteiger partial charge in [-0.2, -0.15) is 4.39 Å². The third kappa shape index (κ3) is 3.33. The third-order valence-corrected chi connectivity index (χ3v) is 2.00. The van der Waals surface area contributed by atoms with Crippen molar-refractivity contribution in [3.63, 3.8) is 0 Å². The number of carbonyl (C=O) groups excluding carboxylic acids is 1. The number of nitrogens with one attached hydrogen (secondary N) is 1. The van der Waals surface area contributed by atoms with Gasteiger partial charge < -0.3 is 5.32 Å². The molecule has 70 valence electrons. The number of amides is 1. The number of carbonyl (C=O) groups is 1. The van der Waals surface area contributed by atoms with Crippen molar-refractivity contribution >= 4 is 22.4 Å². The van der Waals surface area contributed by atoms with Gasteiger partial charge in [-0.25, -0.2) is 4.98 Å². The molecule has 0 fully saturated rings. The normalized spacial score (nSPS) is 9.62. The fourth-order valence-corrected chi connectivity index (χ4v) is 1.29. The maximum absolute atomic E-state index is 12.4. The second-order valence-corrected chi connectivity index (χ2v) is 3.33. The van der Waals surface area contributed by atoms with E-state index in [-0.39, 0.29) is 5.91 Å². The van der Waals surface area contributed by atoms with Gasteiger partial charge in [-0.3, -0.25) is 4.79 Å². The quantitative estimate of drug-likeness (QED) is 0.757. The van der Waals surface area contributed by atoms with Crippen LogP contribution in [-0.4, -0.2) is 10.9 Å². The Balaban J connectivity index is 2.40. The third-order valence-electron chi connectivity index (χ3n) is 1.30. The maximum Gasteiger partial charge on any atom is 0.226 e. The van der Waals surface area contributed by atoms with Crippen molar-refractivity contribution in [3.8, 4) is 0 Å². The van der Waals surface area contributed by atoms with Gasteiger partial charge >= 0.3 is 0 Å². The van der Waals surface area contributed by atoms with E-state index in [1.54, 1.807) is 6.08 Å². The highest BCUT2D eigenvalue weighted by Crippen LogP contribution is 2.15. The number of anilines is 1. The van der Waals surface area contributed by atoms with E-state index in [1.165, 1.54) is 0 Å². The van der Waals surface area contributed by atoms with E-state index in [4.69, 9.17) is 0 Å². The highest BCUT2D eigenvalue weighted by atomic mass is 32.1. The molecule has 1 aromatic heterocycles. The number of halogens is 1. The first-order chi connectivity index (χ1) is 6.22. The van der Waals surface area contributed by atoms with E-state index < -0.39 is 5.13 Å². The summed E-state index contributed by atoms with van der Waals surface area (Å²) in [6, 6.07) is 0. The van der Waals surface area contributed by atoms with Crippen LogP contribution < -0.4 is 5.32 Å². The van der Waals surface area contributed by atoms with Crippen molar-refractivity contribution in [2.45, 2.75) is 12.8 Å². The molecular weight excluding hydrogens is 191 g/mol. The number of aromatic nitrogens is 1. The first-order valence-electron chi connectivity index (χ1n) is 3.74. The Morgan fingerprint density at radius 2 is 2.62 bits per heavy atom. The van der Waals surface area contributed by atoms with Crippen LogP contribution in [0.1, 0.15) is 12.8 Å². The molecule has 3 nitrogen and oxygen atoms in total. The molecule has 0 aliphatic heterocycles. The van der Waals surface area contributed by atoms with Crippen molar-refractivity contribution in [2.24, 2.45) is 0 Å². The minimum absolute atomic E-state index is 0.172.